The lowest BCUT2D eigenvalue weighted by Gasteiger charge is -2.27. The minimum atomic E-state index is -0.761. The highest BCUT2D eigenvalue weighted by Gasteiger charge is 2.39. The Morgan fingerprint density at radius 1 is 1.15 bits per heavy atom. The van der Waals surface area contributed by atoms with E-state index in [1.54, 1.807) is 6.07 Å². The molecule has 0 unspecified atom stereocenters. The molecule has 2 aliphatic heterocycles. The first-order chi connectivity index (χ1) is 16.0. The molecule has 2 aromatic carbocycles. The highest BCUT2D eigenvalue weighted by atomic mass is 19.1. The Balaban J connectivity index is 1.58. The summed E-state index contributed by atoms with van der Waals surface area (Å²) >= 11 is 0. The fourth-order valence-electron chi connectivity index (χ4n) is 4.37. The van der Waals surface area contributed by atoms with Gasteiger partial charge in [-0.05, 0) is 30.5 Å². The second-order valence-electron chi connectivity index (χ2n) is 8.39. The number of alkyl halides is 1. The number of carbonyl (C=O) groups excluding carboxylic acids is 2. The predicted octanol–water partition coefficient (Wildman–Crippen LogP) is 2.96. The molecule has 1 amide bonds. The fourth-order valence-corrected chi connectivity index (χ4v) is 4.37. The Bertz CT molecular complexity index is 992. The van der Waals surface area contributed by atoms with Crippen molar-refractivity contribution in [3.05, 3.63) is 64.7 Å². The van der Waals surface area contributed by atoms with Gasteiger partial charge in [0.2, 0.25) is 0 Å². The van der Waals surface area contributed by atoms with Crippen molar-refractivity contribution in [2.24, 2.45) is 5.73 Å². The molecular weight excluding hydrogens is 427 g/mol. The van der Waals surface area contributed by atoms with Crippen LogP contribution in [0.25, 0.3) is 0 Å². The van der Waals surface area contributed by atoms with E-state index in [-0.39, 0.29) is 36.0 Å². The molecule has 0 spiro atoms. The van der Waals surface area contributed by atoms with Crippen LogP contribution in [-0.4, -0.2) is 57.1 Å². The number of fused-ring (bicyclic) bond motifs is 1. The maximum Gasteiger partial charge on any atom is 0.254 e. The summed E-state index contributed by atoms with van der Waals surface area (Å²) in [5.74, 6) is -0.558. The van der Waals surface area contributed by atoms with Gasteiger partial charge in [-0.1, -0.05) is 30.3 Å². The Hall–Kier alpha value is -2.81. The van der Waals surface area contributed by atoms with Gasteiger partial charge in [-0.15, -0.1) is 0 Å². The van der Waals surface area contributed by atoms with Crippen molar-refractivity contribution in [2.45, 2.75) is 43.6 Å². The molecule has 1 saturated heterocycles. The molecule has 2 aromatic rings. The SMILES string of the molecule is CNC(=O)c1cc(C(=O)CCCC2OCC(N)CO2)cc2c1O[C@H](CF)[C@H]2c1ccccc1. The van der Waals surface area contributed by atoms with Crippen molar-refractivity contribution >= 4 is 11.7 Å². The molecule has 7 nitrogen and oxygen atoms in total. The molecule has 2 heterocycles. The first kappa shape index (κ1) is 23.4. The molecule has 0 bridgehead atoms. The topological polar surface area (TPSA) is 99.9 Å². The Morgan fingerprint density at radius 2 is 1.88 bits per heavy atom. The lowest BCUT2D eigenvalue weighted by Crippen LogP contribution is -2.41. The quantitative estimate of drug-likeness (QED) is 0.593. The van der Waals surface area contributed by atoms with E-state index in [0.717, 1.165) is 5.56 Å². The maximum absolute atomic E-state index is 13.9. The van der Waals surface area contributed by atoms with E-state index in [0.29, 0.717) is 42.9 Å². The zero-order chi connectivity index (χ0) is 23.4. The summed E-state index contributed by atoms with van der Waals surface area (Å²) in [6, 6.07) is 12.6. The van der Waals surface area contributed by atoms with Gasteiger partial charge in [-0.3, -0.25) is 9.59 Å². The summed E-state index contributed by atoms with van der Waals surface area (Å²) < 4.78 is 30.9. The van der Waals surface area contributed by atoms with Gasteiger partial charge in [0.25, 0.3) is 5.91 Å². The highest BCUT2D eigenvalue weighted by molar-refractivity contribution is 6.03. The highest BCUT2D eigenvalue weighted by Crippen LogP contribution is 2.45. The molecule has 0 saturated carbocycles. The number of carbonyl (C=O) groups is 2. The average molecular weight is 457 g/mol. The van der Waals surface area contributed by atoms with Crippen LogP contribution in [0.5, 0.6) is 5.75 Å². The van der Waals surface area contributed by atoms with Gasteiger partial charge in [0.1, 0.15) is 18.5 Å². The monoisotopic (exact) mass is 456 g/mol. The van der Waals surface area contributed by atoms with Crippen molar-refractivity contribution in [1.29, 1.82) is 0 Å². The summed E-state index contributed by atoms with van der Waals surface area (Å²) in [6.07, 6.45) is 0.288. The average Bonchev–Trinajstić information content (AvgIpc) is 3.23. The van der Waals surface area contributed by atoms with Gasteiger partial charge in [0.15, 0.2) is 12.1 Å². The Morgan fingerprint density at radius 3 is 2.55 bits per heavy atom. The second kappa shape index (κ2) is 10.4. The number of halogens is 1. The third kappa shape index (κ3) is 5.08. The normalized spacial score (nSPS) is 24.1. The number of benzene rings is 2. The summed E-state index contributed by atoms with van der Waals surface area (Å²) in [5, 5.41) is 2.59. The van der Waals surface area contributed by atoms with E-state index in [9.17, 15) is 14.0 Å². The van der Waals surface area contributed by atoms with Gasteiger partial charge < -0.3 is 25.3 Å². The molecule has 176 valence electrons. The standard InChI is InChI=1S/C25H29FN2O5/c1-28-25(30)19-11-16(20(29)8-5-9-22-31-13-17(27)14-32-22)10-18-23(15-6-3-2-4-7-15)21(12-26)33-24(18)19/h2-4,6-7,10-11,17,21-23H,5,8-9,12-14,27H2,1H3,(H,28,30)/t17?,21-,22?,23+/m1/s1. The molecule has 2 atom stereocenters. The third-order valence-corrected chi connectivity index (χ3v) is 6.03. The maximum atomic E-state index is 13.9. The molecule has 2 aliphatic rings. The molecule has 0 aromatic heterocycles. The van der Waals surface area contributed by atoms with Crippen molar-refractivity contribution in [2.75, 3.05) is 26.9 Å². The van der Waals surface area contributed by atoms with Gasteiger partial charge >= 0.3 is 0 Å². The van der Waals surface area contributed by atoms with Crippen LogP contribution in [0.3, 0.4) is 0 Å². The van der Waals surface area contributed by atoms with Crippen molar-refractivity contribution in [1.82, 2.24) is 5.32 Å². The molecule has 8 heteroatoms. The number of nitrogens with one attached hydrogen (secondary N) is 1. The predicted molar refractivity (Wildman–Crippen MR) is 120 cm³/mol. The minimum Gasteiger partial charge on any atom is -0.486 e. The number of ketones is 1. The van der Waals surface area contributed by atoms with E-state index in [1.807, 2.05) is 30.3 Å². The van der Waals surface area contributed by atoms with Crippen LogP contribution in [0.4, 0.5) is 4.39 Å². The first-order valence-electron chi connectivity index (χ1n) is 11.2. The third-order valence-electron chi connectivity index (χ3n) is 6.03. The van der Waals surface area contributed by atoms with Crippen LogP contribution in [0, 0.1) is 0 Å². The second-order valence-corrected chi connectivity index (χ2v) is 8.39. The zero-order valence-corrected chi connectivity index (χ0v) is 18.6. The fraction of sp³-hybridized carbons (Fsp3) is 0.440. The van der Waals surface area contributed by atoms with Crippen LogP contribution in [0.2, 0.25) is 0 Å². The lowest BCUT2D eigenvalue weighted by atomic mass is 9.86. The summed E-state index contributed by atoms with van der Waals surface area (Å²) in [4.78, 5) is 25.6. The summed E-state index contributed by atoms with van der Waals surface area (Å²) in [7, 11) is 1.51. The molecule has 3 N–H and O–H groups in total. The number of amides is 1. The Labute approximate surface area is 192 Å². The largest absolute Gasteiger partial charge is 0.486 e. The molecule has 4 rings (SSSR count). The van der Waals surface area contributed by atoms with Gasteiger partial charge in [0, 0.05) is 24.6 Å². The van der Waals surface area contributed by atoms with Gasteiger partial charge in [0.05, 0.1) is 30.7 Å². The number of ether oxygens (including phenoxy) is 3. The minimum absolute atomic E-state index is 0.106. The van der Waals surface area contributed by atoms with E-state index in [2.05, 4.69) is 5.32 Å². The lowest BCUT2D eigenvalue weighted by molar-refractivity contribution is -0.188. The smallest absolute Gasteiger partial charge is 0.254 e. The Kier molecular flexibility index (Phi) is 7.37. The van der Waals surface area contributed by atoms with E-state index in [4.69, 9.17) is 19.9 Å². The van der Waals surface area contributed by atoms with E-state index in [1.165, 1.54) is 13.1 Å². The number of Topliss-reactive ketones (excluding diaryl/α,β-unsaturated/α-hetero) is 1. The number of hydrogen-bond donors (Lipinski definition) is 2. The zero-order valence-electron chi connectivity index (χ0n) is 18.6. The van der Waals surface area contributed by atoms with Crippen LogP contribution in [0.1, 0.15) is 57.0 Å². The van der Waals surface area contributed by atoms with Crippen LogP contribution < -0.4 is 15.8 Å². The summed E-state index contributed by atoms with van der Waals surface area (Å²) in [6.45, 7) is 0.167. The van der Waals surface area contributed by atoms with Crippen molar-refractivity contribution < 1.29 is 28.2 Å². The molecule has 0 radical (unpaired) electrons. The number of nitrogens with two attached hydrogens (primary N) is 1. The van der Waals surface area contributed by atoms with Crippen molar-refractivity contribution in [3.63, 3.8) is 0 Å². The van der Waals surface area contributed by atoms with Crippen molar-refractivity contribution in [3.8, 4) is 5.75 Å². The number of hydrogen-bond acceptors (Lipinski definition) is 6. The number of rotatable bonds is 8. The van der Waals surface area contributed by atoms with Gasteiger partial charge in [-0.2, -0.15) is 0 Å². The molecule has 1 fully saturated rings. The molecule has 33 heavy (non-hydrogen) atoms. The molecular formula is C25H29FN2O5. The van der Waals surface area contributed by atoms with E-state index >= 15 is 0 Å². The van der Waals surface area contributed by atoms with Crippen LogP contribution in [0.15, 0.2) is 42.5 Å². The summed E-state index contributed by atoms with van der Waals surface area (Å²) in [5.41, 5.74) is 7.92. The van der Waals surface area contributed by atoms with E-state index < -0.39 is 18.7 Å². The van der Waals surface area contributed by atoms with Crippen LogP contribution >= 0.6 is 0 Å². The first-order valence-corrected chi connectivity index (χ1v) is 11.2. The van der Waals surface area contributed by atoms with Gasteiger partial charge in [-0.25, -0.2) is 4.39 Å². The van der Waals surface area contributed by atoms with Crippen LogP contribution in [-0.2, 0) is 9.47 Å². The molecule has 0 aliphatic carbocycles.